The van der Waals surface area contributed by atoms with Crippen molar-refractivity contribution in [2.75, 3.05) is 0 Å². The van der Waals surface area contributed by atoms with Gasteiger partial charge in [0.15, 0.2) is 0 Å². The van der Waals surface area contributed by atoms with Crippen LogP contribution in [0.5, 0.6) is 0 Å². The average Bonchev–Trinajstić information content (AvgIpc) is 2.87. The first-order valence-corrected chi connectivity index (χ1v) is 7.38. The van der Waals surface area contributed by atoms with Crippen LogP contribution >= 0.6 is 22.9 Å². The standard InChI is InChI=1S/C16H12ClNOS/c17-13-5-6-15-14(9-13)18-16(20-15)7-4-11-2-1-3-12(8-11)10-19/h1-9,19H,10H2. The van der Waals surface area contributed by atoms with Crippen LogP contribution in [0.1, 0.15) is 16.1 Å². The lowest BCUT2D eigenvalue weighted by Crippen LogP contribution is -1.82. The highest BCUT2D eigenvalue weighted by atomic mass is 35.5. The predicted molar refractivity (Wildman–Crippen MR) is 85.9 cm³/mol. The zero-order chi connectivity index (χ0) is 13.9. The van der Waals surface area contributed by atoms with E-state index in [1.807, 2.05) is 54.6 Å². The molecule has 2 aromatic carbocycles. The lowest BCUT2D eigenvalue weighted by Gasteiger charge is -1.97. The average molecular weight is 302 g/mol. The molecule has 100 valence electrons. The molecule has 3 rings (SSSR count). The molecule has 0 spiro atoms. The molecular formula is C16H12ClNOS. The largest absolute Gasteiger partial charge is 0.392 e. The van der Waals surface area contributed by atoms with Crippen molar-refractivity contribution in [1.29, 1.82) is 0 Å². The molecule has 1 N–H and O–H groups in total. The number of nitrogens with zero attached hydrogens (tertiary/aromatic N) is 1. The second kappa shape index (κ2) is 5.75. The number of aliphatic hydroxyl groups is 1. The summed E-state index contributed by atoms with van der Waals surface area (Å²) in [5, 5.41) is 10.8. The molecule has 2 nitrogen and oxygen atoms in total. The van der Waals surface area contributed by atoms with Crippen LogP contribution < -0.4 is 0 Å². The van der Waals surface area contributed by atoms with Crippen LogP contribution in [-0.2, 0) is 6.61 Å². The summed E-state index contributed by atoms with van der Waals surface area (Å²) in [6.07, 6.45) is 3.98. The number of aliphatic hydroxyl groups excluding tert-OH is 1. The van der Waals surface area contributed by atoms with Crippen molar-refractivity contribution in [3.63, 3.8) is 0 Å². The number of benzene rings is 2. The molecule has 1 aromatic heterocycles. The molecule has 0 radical (unpaired) electrons. The molecule has 0 amide bonds. The second-order valence-corrected chi connectivity index (χ2v) is 5.90. The maximum Gasteiger partial charge on any atom is 0.117 e. The van der Waals surface area contributed by atoms with E-state index >= 15 is 0 Å². The molecule has 0 aliphatic carbocycles. The molecule has 0 bridgehead atoms. The first-order valence-electron chi connectivity index (χ1n) is 6.18. The van der Waals surface area contributed by atoms with E-state index in [0.29, 0.717) is 5.02 Å². The van der Waals surface area contributed by atoms with Crippen molar-refractivity contribution in [3.05, 3.63) is 63.6 Å². The monoisotopic (exact) mass is 301 g/mol. The minimum absolute atomic E-state index is 0.0569. The lowest BCUT2D eigenvalue weighted by atomic mass is 10.1. The Morgan fingerprint density at radius 2 is 2.05 bits per heavy atom. The number of fused-ring (bicyclic) bond motifs is 1. The lowest BCUT2D eigenvalue weighted by molar-refractivity contribution is 0.282. The predicted octanol–water partition coefficient (Wildman–Crippen LogP) is 4.61. The summed E-state index contributed by atoms with van der Waals surface area (Å²) in [7, 11) is 0. The van der Waals surface area contributed by atoms with Crippen molar-refractivity contribution in [2.24, 2.45) is 0 Å². The van der Waals surface area contributed by atoms with E-state index in [2.05, 4.69) is 4.98 Å². The summed E-state index contributed by atoms with van der Waals surface area (Å²) in [5.74, 6) is 0. The van der Waals surface area contributed by atoms with Crippen LogP contribution in [0.2, 0.25) is 5.02 Å². The van der Waals surface area contributed by atoms with E-state index in [9.17, 15) is 0 Å². The van der Waals surface area contributed by atoms with Crippen molar-refractivity contribution in [1.82, 2.24) is 4.98 Å². The number of hydrogen-bond donors (Lipinski definition) is 1. The third-order valence-electron chi connectivity index (χ3n) is 2.92. The van der Waals surface area contributed by atoms with Crippen molar-refractivity contribution in [3.8, 4) is 0 Å². The van der Waals surface area contributed by atoms with Crippen LogP contribution in [0.25, 0.3) is 22.4 Å². The van der Waals surface area contributed by atoms with E-state index in [1.54, 1.807) is 11.3 Å². The van der Waals surface area contributed by atoms with Crippen LogP contribution in [0.3, 0.4) is 0 Å². The molecule has 4 heteroatoms. The Kier molecular flexibility index (Phi) is 3.83. The van der Waals surface area contributed by atoms with Gasteiger partial charge in [0.1, 0.15) is 5.01 Å². The minimum Gasteiger partial charge on any atom is -0.392 e. The summed E-state index contributed by atoms with van der Waals surface area (Å²) in [5.41, 5.74) is 2.88. The van der Waals surface area contributed by atoms with Crippen molar-refractivity contribution >= 4 is 45.3 Å². The number of halogens is 1. The molecule has 0 atom stereocenters. The zero-order valence-electron chi connectivity index (χ0n) is 10.6. The SMILES string of the molecule is OCc1cccc(C=Cc2nc3cc(Cl)ccc3s2)c1. The van der Waals surface area contributed by atoms with Gasteiger partial charge in [0, 0.05) is 5.02 Å². The quantitative estimate of drug-likeness (QED) is 0.766. The van der Waals surface area contributed by atoms with Gasteiger partial charge >= 0.3 is 0 Å². The zero-order valence-corrected chi connectivity index (χ0v) is 12.2. The van der Waals surface area contributed by atoms with E-state index < -0.39 is 0 Å². The Hall–Kier alpha value is -1.68. The number of aromatic nitrogens is 1. The summed E-state index contributed by atoms with van der Waals surface area (Å²) in [4.78, 5) is 4.53. The van der Waals surface area contributed by atoms with Gasteiger partial charge in [-0.2, -0.15) is 0 Å². The first kappa shape index (κ1) is 13.3. The maximum absolute atomic E-state index is 9.12. The van der Waals surface area contributed by atoms with Crippen molar-refractivity contribution < 1.29 is 5.11 Å². The Labute approximate surface area is 126 Å². The van der Waals surface area contributed by atoms with E-state index in [4.69, 9.17) is 16.7 Å². The molecule has 0 saturated carbocycles. The summed E-state index contributed by atoms with van der Waals surface area (Å²) >= 11 is 7.59. The molecule has 3 aromatic rings. The fourth-order valence-corrected chi connectivity index (χ4v) is 2.97. The van der Waals surface area contributed by atoms with Gasteiger partial charge < -0.3 is 5.11 Å². The normalized spacial score (nSPS) is 11.5. The highest BCUT2D eigenvalue weighted by Crippen LogP contribution is 2.26. The molecule has 0 fully saturated rings. The van der Waals surface area contributed by atoms with Gasteiger partial charge in [0.2, 0.25) is 0 Å². The van der Waals surface area contributed by atoms with E-state index in [-0.39, 0.29) is 6.61 Å². The fourth-order valence-electron chi connectivity index (χ4n) is 1.95. The van der Waals surface area contributed by atoms with Crippen LogP contribution in [0, 0.1) is 0 Å². The van der Waals surface area contributed by atoms with Crippen molar-refractivity contribution in [2.45, 2.75) is 6.61 Å². The number of thiazole rings is 1. The summed E-state index contributed by atoms with van der Waals surface area (Å²) in [6.45, 7) is 0.0569. The molecular weight excluding hydrogens is 290 g/mol. The topological polar surface area (TPSA) is 33.1 Å². The van der Waals surface area contributed by atoms with Crippen LogP contribution in [-0.4, -0.2) is 10.1 Å². The third-order valence-corrected chi connectivity index (χ3v) is 4.15. The number of rotatable bonds is 3. The second-order valence-electron chi connectivity index (χ2n) is 4.40. The molecule has 1 heterocycles. The minimum atomic E-state index is 0.0569. The van der Waals surface area contributed by atoms with Gasteiger partial charge in [-0.1, -0.05) is 35.9 Å². The molecule has 0 saturated heterocycles. The highest BCUT2D eigenvalue weighted by molar-refractivity contribution is 7.19. The van der Waals surface area contributed by atoms with Crippen LogP contribution in [0.4, 0.5) is 0 Å². The summed E-state index contributed by atoms with van der Waals surface area (Å²) < 4.78 is 1.12. The van der Waals surface area contributed by atoms with E-state index in [0.717, 1.165) is 26.4 Å². The maximum atomic E-state index is 9.12. The number of hydrogen-bond acceptors (Lipinski definition) is 3. The smallest absolute Gasteiger partial charge is 0.117 e. The summed E-state index contributed by atoms with van der Waals surface area (Å²) in [6, 6.07) is 13.5. The van der Waals surface area contributed by atoms with Crippen LogP contribution in [0.15, 0.2) is 42.5 Å². The molecule has 0 aliphatic heterocycles. The Balaban J connectivity index is 1.89. The van der Waals surface area contributed by atoms with Gasteiger partial charge in [0.05, 0.1) is 16.8 Å². The van der Waals surface area contributed by atoms with E-state index in [1.165, 1.54) is 0 Å². The highest BCUT2D eigenvalue weighted by Gasteiger charge is 2.01. The molecule has 0 unspecified atom stereocenters. The molecule has 20 heavy (non-hydrogen) atoms. The Bertz CT molecular complexity index is 779. The van der Waals surface area contributed by atoms with Gasteiger partial charge in [-0.05, 0) is 41.5 Å². The van der Waals surface area contributed by atoms with Gasteiger partial charge in [-0.3, -0.25) is 0 Å². The van der Waals surface area contributed by atoms with Gasteiger partial charge in [-0.25, -0.2) is 4.98 Å². The van der Waals surface area contributed by atoms with Gasteiger partial charge in [0.25, 0.3) is 0 Å². The third kappa shape index (κ3) is 2.90. The fraction of sp³-hybridized carbons (Fsp3) is 0.0625. The Morgan fingerprint density at radius 3 is 2.90 bits per heavy atom. The first-order chi connectivity index (χ1) is 9.74. The Morgan fingerprint density at radius 1 is 1.15 bits per heavy atom. The molecule has 0 aliphatic rings. The van der Waals surface area contributed by atoms with Gasteiger partial charge in [-0.15, -0.1) is 11.3 Å².